The van der Waals surface area contributed by atoms with Crippen molar-refractivity contribution in [2.45, 2.75) is 6.42 Å². The molecule has 1 fully saturated rings. The van der Waals surface area contributed by atoms with E-state index in [9.17, 15) is 0 Å². The van der Waals surface area contributed by atoms with Crippen molar-refractivity contribution in [3.63, 3.8) is 0 Å². The summed E-state index contributed by atoms with van der Waals surface area (Å²) in [4.78, 5) is 0. The van der Waals surface area contributed by atoms with E-state index in [1.165, 1.54) is 0 Å². The molecule has 0 atom stereocenters. The second kappa shape index (κ2) is 1.12. The molecule has 0 aromatic heterocycles. The summed E-state index contributed by atoms with van der Waals surface area (Å²) in [5.74, 6) is 1.74. The minimum absolute atomic E-state index is 0.868. The Bertz CT molecular complexity index is 57.8. The first-order valence-electron chi connectivity index (χ1n) is 2.00. The molecule has 0 unspecified atom stereocenters. The fraction of sp³-hybridized carbons (Fsp3) is 1.00. The Hall–Kier alpha value is 0.270. The molecule has 38 valence electrons. The standard InChI is InChI=1S/C3H9NOS/c4-6(5)2-1-3-6/h5H,1-4H2. The van der Waals surface area contributed by atoms with Crippen molar-refractivity contribution in [2.24, 2.45) is 5.14 Å². The normalized spacial score (nSPS) is 34.3. The maximum atomic E-state index is 8.77. The van der Waals surface area contributed by atoms with Gasteiger partial charge in [-0.3, -0.25) is 5.14 Å². The Kier molecular flexibility index (Phi) is 0.825. The molecule has 0 spiro atoms. The summed E-state index contributed by atoms with van der Waals surface area (Å²) < 4.78 is 8.77. The van der Waals surface area contributed by atoms with Crippen molar-refractivity contribution in [2.75, 3.05) is 11.5 Å². The van der Waals surface area contributed by atoms with E-state index in [1.54, 1.807) is 0 Å². The number of nitrogens with two attached hydrogens (primary N) is 1. The van der Waals surface area contributed by atoms with Crippen LogP contribution in [0.15, 0.2) is 0 Å². The molecule has 1 aliphatic heterocycles. The van der Waals surface area contributed by atoms with Crippen LogP contribution in [-0.2, 0) is 0 Å². The highest BCUT2D eigenvalue weighted by molar-refractivity contribution is 8.28. The van der Waals surface area contributed by atoms with Crippen LogP contribution in [-0.4, -0.2) is 16.1 Å². The summed E-state index contributed by atoms with van der Waals surface area (Å²) in [6.45, 7) is 0. The van der Waals surface area contributed by atoms with E-state index >= 15 is 0 Å². The fourth-order valence-corrected chi connectivity index (χ4v) is 1.32. The Morgan fingerprint density at radius 3 is 1.83 bits per heavy atom. The molecular formula is C3H9NOS. The lowest BCUT2D eigenvalue weighted by molar-refractivity contribution is 0.605. The van der Waals surface area contributed by atoms with Gasteiger partial charge in [-0.25, -0.2) is 0 Å². The quantitative estimate of drug-likeness (QED) is 0.474. The summed E-state index contributed by atoms with van der Waals surface area (Å²) in [5.41, 5.74) is 0. The topological polar surface area (TPSA) is 46.2 Å². The molecule has 0 radical (unpaired) electrons. The van der Waals surface area contributed by atoms with Crippen molar-refractivity contribution >= 4 is 10.5 Å². The van der Waals surface area contributed by atoms with Gasteiger partial charge in [0.25, 0.3) is 0 Å². The monoisotopic (exact) mass is 107 g/mol. The number of rotatable bonds is 0. The van der Waals surface area contributed by atoms with Crippen LogP contribution >= 0.6 is 10.5 Å². The first-order valence-corrected chi connectivity index (χ1v) is 3.99. The minimum Gasteiger partial charge on any atom is -0.339 e. The molecule has 0 aromatic rings. The summed E-state index contributed by atoms with van der Waals surface area (Å²) >= 11 is 0. The highest BCUT2D eigenvalue weighted by atomic mass is 32.3. The third-order valence-electron chi connectivity index (χ3n) is 0.996. The SMILES string of the molecule is NS1(O)CCC1. The molecule has 6 heavy (non-hydrogen) atoms. The van der Waals surface area contributed by atoms with E-state index in [0.717, 1.165) is 17.9 Å². The van der Waals surface area contributed by atoms with Crippen LogP contribution in [0.2, 0.25) is 0 Å². The molecule has 1 saturated heterocycles. The highest BCUT2D eigenvalue weighted by Crippen LogP contribution is 2.44. The molecule has 3 heteroatoms. The van der Waals surface area contributed by atoms with Gasteiger partial charge in [-0.15, -0.1) is 0 Å². The van der Waals surface area contributed by atoms with E-state index in [1.807, 2.05) is 0 Å². The lowest BCUT2D eigenvalue weighted by atomic mass is 10.5. The van der Waals surface area contributed by atoms with Crippen LogP contribution in [0.5, 0.6) is 0 Å². The van der Waals surface area contributed by atoms with E-state index in [2.05, 4.69) is 0 Å². The second-order valence-electron chi connectivity index (χ2n) is 1.66. The predicted molar refractivity (Wildman–Crippen MR) is 28.8 cm³/mol. The van der Waals surface area contributed by atoms with Crippen molar-refractivity contribution in [1.29, 1.82) is 0 Å². The van der Waals surface area contributed by atoms with E-state index < -0.39 is 10.5 Å². The second-order valence-corrected chi connectivity index (χ2v) is 4.28. The smallest absolute Gasteiger partial charge is 0.0119 e. The predicted octanol–water partition coefficient (Wildman–Crippen LogP) is 0.541. The van der Waals surface area contributed by atoms with Gasteiger partial charge in [-0.1, -0.05) is 10.5 Å². The van der Waals surface area contributed by atoms with Crippen molar-refractivity contribution in [3.05, 3.63) is 0 Å². The number of hydrogen-bond acceptors (Lipinski definition) is 2. The molecule has 3 N–H and O–H groups in total. The largest absolute Gasteiger partial charge is 0.339 e. The molecule has 0 amide bonds. The van der Waals surface area contributed by atoms with Gasteiger partial charge in [0.05, 0.1) is 0 Å². The lowest BCUT2D eigenvalue weighted by Gasteiger charge is -2.37. The zero-order valence-corrected chi connectivity index (χ0v) is 4.37. The molecule has 0 aliphatic carbocycles. The van der Waals surface area contributed by atoms with Crippen molar-refractivity contribution in [3.8, 4) is 0 Å². The van der Waals surface area contributed by atoms with Gasteiger partial charge in [-0.05, 0) is 6.42 Å². The Morgan fingerprint density at radius 2 is 1.83 bits per heavy atom. The first kappa shape index (κ1) is 4.43. The minimum atomic E-state index is -1.48. The summed E-state index contributed by atoms with van der Waals surface area (Å²) in [5, 5.41) is 5.26. The van der Waals surface area contributed by atoms with Crippen LogP contribution in [0.3, 0.4) is 0 Å². The molecule has 2 nitrogen and oxygen atoms in total. The third kappa shape index (κ3) is 0.668. The van der Waals surface area contributed by atoms with Crippen molar-refractivity contribution in [1.82, 2.24) is 0 Å². The Labute approximate surface area is 39.0 Å². The van der Waals surface area contributed by atoms with E-state index in [4.69, 9.17) is 9.69 Å². The van der Waals surface area contributed by atoms with Gasteiger partial charge in [0.1, 0.15) is 0 Å². The Morgan fingerprint density at radius 1 is 1.50 bits per heavy atom. The zero-order valence-electron chi connectivity index (χ0n) is 3.55. The molecule has 1 heterocycles. The van der Waals surface area contributed by atoms with Crippen LogP contribution in [0.1, 0.15) is 6.42 Å². The molecule has 1 rings (SSSR count). The molecule has 0 bridgehead atoms. The Balaban J connectivity index is 2.31. The van der Waals surface area contributed by atoms with Gasteiger partial charge in [-0.2, -0.15) is 0 Å². The van der Waals surface area contributed by atoms with Gasteiger partial charge < -0.3 is 4.55 Å². The van der Waals surface area contributed by atoms with Crippen LogP contribution in [0, 0.1) is 0 Å². The zero-order chi connectivity index (χ0) is 4.62. The first-order chi connectivity index (χ1) is 2.71. The maximum absolute atomic E-state index is 8.77. The summed E-state index contributed by atoms with van der Waals surface area (Å²) in [6, 6.07) is 0. The average Bonchev–Trinajstić information content (AvgIpc) is 1.32. The van der Waals surface area contributed by atoms with Gasteiger partial charge in [0.15, 0.2) is 0 Å². The fourth-order valence-electron chi connectivity index (χ4n) is 0.440. The molecular weight excluding hydrogens is 98.1 g/mol. The van der Waals surface area contributed by atoms with Gasteiger partial charge in [0.2, 0.25) is 0 Å². The summed E-state index contributed by atoms with van der Waals surface area (Å²) in [6.07, 6.45) is 1.13. The average molecular weight is 107 g/mol. The highest BCUT2D eigenvalue weighted by Gasteiger charge is 2.22. The summed E-state index contributed by atoms with van der Waals surface area (Å²) in [7, 11) is -1.48. The van der Waals surface area contributed by atoms with Crippen molar-refractivity contribution < 1.29 is 4.55 Å². The van der Waals surface area contributed by atoms with E-state index in [0.29, 0.717) is 0 Å². The van der Waals surface area contributed by atoms with Crippen LogP contribution < -0.4 is 5.14 Å². The van der Waals surface area contributed by atoms with Gasteiger partial charge in [0, 0.05) is 11.5 Å². The molecule has 0 aromatic carbocycles. The lowest BCUT2D eigenvalue weighted by Crippen LogP contribution is -2.27. The molecule has 1 aliphatic rings. The van der Waals surface area contributed by atoms with E-state index in [-0.39, 0.29) is 0 Å². The van der Waals surface area contributed by atoms with Crippen LogP contribution in [0.25, 0.3) is 0 Å². The third-order valence-corrected chi connectivity index (χ3v) is 2.99. The maximum Gasteiger partial charge on any atom is 0.0119 e. The van der Waals surface area contributed by atoms with Crippen LogP contribution in [0.4, 0.5) is 0 Å². The van der Waals surface area contributed by atoms with Gasteiger partial charge >= 0.3 is 0 Å². The number of hydrogen-bond donors (Lipinski definition) is 2. The molecule has 0 saturated carbocycles.